The van der Waals surface area contributed by atoms with Crippen LogP contribution in [0.1, 0.15) is 11.1 Å². The first-order chi connectivity index (χ1) is 14.6. The molecule has 0 amide bonds. The predicted molar refractivity (Wildman–Crippen MR) is 115 cm³/mol. The van der Waals surface area contributed by atoms with Gasteiger partial charge in [0.2, 0.25) is 0 Å². The number of fused-ring (bicyclic) bond motifs is 1. The predicted octanol–water partition coefficient (Wildman–Crippen LogP) is 6.30. The molecule has 0 spiro atoms. The smallest absolute Gasteiger partial charge is 0.255 e. The Bertz CT molecular complexity index is 1390. The van der Waals surface area contributed by atoms with E-state index in [9.17, 15) is 21.6 Å². The van der Waals surface area contributed by atoms with Crippen LogP contribution >= 0.6 is 0 Å². The van der Waals surface area contributed by atoms with Crippen LogP contribution in [0.15, 0.2) is 77.8 Å². The van der Waals surface area contributed by atoms with E-state index in [1.807, 2.05) is 31.2 Å². The highest BCUT2D eigenvalue weighted by molar-refractivity contribution is 7.90. The van der Waals surface area contributed by atoms with Crippen molar-refractivity contribution in [3.8, 4) is 22.3 Å². The van der Waals surface area contributed by atoms with Gasteiger partial charge < -0.3 is 0 Å². The number of aryl methyl sites for hydroxylation is 1. The van der Waals surface area contributed by atoms with Crippen LogP contribution in [0.2, 0.25) is 0 Å². The van der Waals surface area contributed by atoms with Crippen molar-refractivity contribution in [3.05, 3.63) is 84.1 Å². The Kier molecular flexibility index (Phi) is 5.09. The van der Waals surface area contributed by atoms with Crippen molar-refractivity contribution in [1.29, 1.82) is 0 Å². The van der Waals surface area contributed by atoms with Gasteiger partial charge in [-0.25, -0.2) is 8.42 Å². The molecule has 0 radical (unpaired) electrons. The lowest BCUT2D eigenvalue weighted by molar-refractivity contribution is -0.136. The molecule has 0 unspecified atom stereocenters. The molecule has 0 fully saturated rings. The lowest BCUT2D eigenvalue weighted by Gasteiger charge is -2.15. The zero-order chi connectivity index (χ0) is 22.4. The van der Waals surface area contributed by atoms with Gasteiger partial charge in [-0.3, -0.25) is 4.98 Å². The largest absolute Gasteiger partial charge is 0.418 e. The Labute approximate surface area is 178 Å². The van der Waals surface area contributed by atoms with E-state index in [-0.39, 0.29) is 10.4 Å². The Hall–Kier alpha value is -3.19. The van der Waals surface area contributed by atoms with Crippen molar-refractivity contribution in [2.75, 3.05) is 6.26 Å². The van der Waals surface area contributed by atoms with Crippen LogP contribution in [0.3, 0.4) is 0 Å². The van der Waals surface area contributed by atoms with Gasteiger partial charge in [-0.05, 0) is 59.0 Å². The molecule has 0 atom stereocenters. The van der Waals surface area contributed by atoms with Gasteiger partial charge in [-0.15, -0.1) is 0 Å². The average molecular weight is 441 g/mol. The van der Waals surface area contributed by atoms with Crippen LogP contribution in [-0.4, -0.2) is 19.7 Å². The third-order valence-electron chi connectivity index (χ3n) is 5.16. The van der Waals surface area contributed by atoms with Gasteiger partial charge in [0.1, 0.15) is 0 Å². The molecular formula is C24H18F3NO2S. The van der Waals surface area contributed by atoms with Crippen LogP contribution in [-0.2, 0) is 16.0 Å². The minimum atomic E-state index is -4.50. The summed E-state index contributed by atoms with van der Waals surface area (Å²) in [6, 6.07) is 18.0. The van der Waals surface area contributed by atoms with E-state index < -0.39 is 21.6 Å². The summed E-state index contributed by atoms with van der Waals surface area (Å²) in [5, 5.41) is 0.430. The highest BCUT2D eigenvalue weighted by Crippen LogP contribution is 2.39. The second-order valence-corrected chi connectivity index (χ2v) is 9.41. The van der Waals surface area contributed by atoms with Crippen molar-refractivity contribution in [2.24, 2.45) is 0 Å². The van der Waals surface area contributed by atoms with Crippen molar-refractivity contribution in [1.82, 2.24) is 4.98 Å². The number of rotatable bonds is 3. The number of aromatic nitrogens is 1. The molecule has 0 aliphatic rings. The number of halogens is 3. The van der Waals surface area contributed by atoms with Crippen LogP contribution in [0.4, 0.5) is 13.2 Å². The minimum Gasteiger partial charge on any atom is -0.255 e. The zero-order valence-corrected chi connectivity index (χ0v) is 17.6. The number of sulfone groups is 1. The molecule has 7 heteroatoms. The number of pyridine rings is 1. The van der Waals surface area contributed by atoms with Gasteiger partial charge in [0.25, 0.3) is 0 Å². The average Bonchev–Trinajstić information content (AvgIpc) is 2.72. The SMILES string of the molecule is Cc1cnc2c(C(F)(F)F)cccc2c1-c1cccc(-c2ccc(S(C)(=O)=O)cc2)c1. The van der Waals surface area contributed by atoms with E-state index in [2.05, 4.69) is 4.98 Å². The second-order valence-electron chi connectivity index (χ2n) is 7.39. The fourth-order valence-corrected chi connectivity index (χ4v) is 4.31. The number of nitrogens with zero attached hydrogens (tertiary/aromatic N) is 1. The van der Waals surface area contributed by atoms with Gasteiger partial charge in [0, 0.05) is 17.8 Å². The first kappa shape index (κ1) is 21.1. The Morgan fingerprint density at radius 3 is 2.13 bits per heavy atom. The number of para-hydroxylation sites is 1. The maximum atomic E-state index is 13.5. The van der Waals surface area contributed by atoms with Gasteiger partial charge in [-0.2, -0.15) is 13.2 Å². The number of hydrogen-bond acceptors (Lipinski definition) is 3. The molecule has 4 aromatic rings. The lowest BCUT2D eigenvalue weighted by Crippen LogP contribution is -2.07. The van der Waals surface area contributed by atoms with E-state index in [0.29, 0.717) is 10.9 Å². The highest BCUT2D eigenvalue weighted by atomic mass is 32.2. The maximum absolute atomic E-state index is 13.5. The molecule has 1 heterocycles. The van der Waals surface area contributed by atoms with Gasteiger partial charge in [0.05, 0.1) is 16.0 Å². The standard InChI is InChI=1S/C24H18F3NO2S/c1-15-14-28-23-20(7-4-8-21(23)24(25,26)27)22(15)18-6-3-5-17(13-18)16-9-11-19(12-10-16)31(2,29)30/h3-14H,1-2H3. The normalized spacial score (nSPS) is 12.3. The van der Waals surface area contributed by atoms with E-state index in [4.69, 9.17) is 0 Å². The molecule has 0 aliphatic heterocycles. The first-order valence-electron chi connectivity index (χ1n) is 9.42. The summed E-state index contributed by atoms with van der Waals surface area (Å²) < 4.78 is 63.8. The topological polar surface area (TPSA) is 47.0 Å². The third kappa shape index (κ3) is 4.05. The summed E-state index contributed by atoms with van der Waals surface area (Å²) >= 11 is 0. The fourth-order valence-electron chi connectivity index (χ4n) is 3.68. The molecule has 0 N–H and O–H groups in total. The maximum Gasteiger partial charge on any atom is 0.418 e. The summed E-state index contributed by atoms with van der Waals surface area (Å²) in [4.78, 5) is 4.29. The Morgan fingerprint density at radius 1 is 0.839 bits per heavy atom. The summed E-state index contributed by atoms with van der Waals surface area (Å²) in [5.41, 5.74) is 2.99. The first-order valence-corrected chi connectivity index (χ1v) is 11.3. The van der Waals surface area contributed by atoms with Crippen LogP contribution < -0.4 is 0 Å². The van der Waals surface area contributed by atoms with Gasteiger partial charge in [-0.1, -0.05) is 42.5 Å². The van der Waals surface area contributed by atoms with E-state index in [0.717, 1.165) is 34.6 Å². The fraction of sp³-hybridized carbons (Fsp3) is 0.125. The number of benzene rings is 3. The zero-order valence-electron chi connectivity index (χ0n) is 16.7. The van der Waals surface area contributed by atoms with Crippen LogP contribution in [0, 0.1) is 6.92 Å². The van der Waals surface area contributed by atoms with Gasteiger partial charge in [0.15, 0.2) is 9.84 Å². The minimum absolute atomic E-state index is 0.0847. The summed E-state index contributed by atoms with van der Waals surface area (Å²) in [6.07, 6.45) is -1.89. The quantitative estimate of drug-likeness (QED) is 0.375. The molecule has 4 rings (SSSR count). The Balaban J connectivity index is 1.88. The van der Waals surface area contributed by atoms with Crippen LogP contribution in [0.5, 0.6) is 0 Å². The molecule has 3 nitrogen and oxygen atoms in total. The molecule has 31 heavy (non-hydrogen) atoms. The molecule has 0 saturated heterocycles. The van der Waals surface area contributed by atoms with Crippen LogP contribution in [0.25, 0.3) is 33.2 Å². The number of hydrogen-bond donors (Lipinski definition) is 0. The molecule has 1 aromatic heterocycles. The monoisotopic (exact) mass is 441 g/mol. The summed E-state index contributed by atoms with van der Waals surface area (Å²) in [6.45, 7) is 1.82. The van der Waals surface area contributed by atoms with Crippen molar-refractivity contribution in [2.45, 2.75) is 18.0 Å². The van der Waals surface area contributed by atoms with Gasteiger partial charge >= 0.3 is 6.18 Å². The molecule has 158 valence electrons. The molecule has 0 bridgehead atoms. The van der Waals surface area contributed by atoms with Crippen molar-refractivity contribution < 1.29 is 21.6 Å². The Morgan fingerprint density at radius 2 is 1.48 bits per heavy atom. The summed E-state index contributed by atoms with van der Waals surface area (Å²) in [7, 11) is -3.30. The van der Waals surface area contributed by atoms with Crippen molar-refractivity contribution in [3.63, 3.8) is 0 Å². The van der Waals surface area contributed by atoms with E-state index in [1.54, 1.807) is 30.3 Å². The molecule has 0 aliphatic carbocycles. The molecule has 3 aromatic carbocycles. The lowest BCUT2D eigenvalue weighted by atomic mass is 9.93. The summed E-state index contributed by atoms with van der Waals surface area (Å²) in [5.74, 6) is 0. The third-order valence-corrected chi connectivity index (χ3v) is 6.29. The second kappa shape index (κ2) is 7.50. The molecular weight excluding hydrogens is 423 g/mol. The molecule has 0 saturated carbocycles. The van der Waals surface area contributed by atoms with Crippen molar-refractivity contribution >= 4 is 20.7 Å². The van der Waals surface area contributed by atoms with E-state index in [1.165, 1.54) is 12.3 Å². The van der Waals surface area contributed by atoms with E-state index >= 15 is 0 Å². The highest BCUT2D eigenvalue weighted by Gasteiger charge is 2.33. The number of alkyl halides is 3.